The lowest BCUT2D eigenvalue weighted by molar-refractivity contribution is -0.158. The summed E-state index contributed by atoms with van der Waals surface area (Å²) in [6, 6.07) is 0. The average Bonchev–Trinajstić information content (AvgIpc) is 2.79. The average molecular weight is 517 g/mol. The van der Waals surface area contributed by atoms with E-state index in [0.717, 1.165) is 37.9 Å². The van der Waals surface area contributed by atoms with E-state index in [1.54, 1.807) is 6.08 Å². The summed E-state index contributed by atoms with van der Waals surface area (Å²) in [7, 11) is -2.05. The molecule has 3 aliphatic rings. The van der Waals surface area contributed by atoms with E-state index in [9.17, 15) is 9.59 Å². The van der Waals surface area contributed by atoms with Crippen LogP contribution in [-0.4, -0.2) is 38.9 Å². The van der Waals surface area contributed by atoms with Gasteiger partial charge in [0.25, 0.3) is 0 Å². The zero-order valence-corrected chi connectivity index (χ0v) is 24.8. The van der Waals surface area contributed by atoms with E-state index in [2.05, 4.69) is 65.9 Å². The molecule has 6 heteroatoms. The Hall–Kier alpha value is -1.66. The van der Waals surface area contributed by atoms with Gasteiger partial charge in [0.05, 0.1) is 11.7 Å². The van der Waals surface area contributed by atoms with Crippen molar-refractivity contribution in [2.45, 2.75) is 110 Å². The third-order valence-electron chi connectivity index (χ3n) is 8.74. The smallest absolute Gasteiger partial charge is 0.308 e. The molecule has 6 atom stereocenters. The third kappa shape index (κ3) is 6.80. The van der Waals surface area contributed by atoms with Gasteiger partial charge in [-0.1, -0.05) is 66.2 Å². The molecule has 2 aliphatic carbocycles. The standard InChI is InChI=1S/C30H48O5Si/c1-9-11-21(3)29(32)34-26-13-10-12-22-15-14-20(2)24(28(22)26)17-16-23-18-25(31)27(19-33-23)35-36(7,8)30(4,5)6/h12,14-15,18,20-21,24,26-28H,9-11,13,16-17,19H2,1-8H3/t20-,21?,24-,26-,27?,28-/m0/s1. The summed E-state index contributed by atoms with van der Waals surface area (Å²) in [5.74, 6) is 1.55. The molecule has 0 aromatic rings. The number of fused-ring (bicyclic) bond motifs is 1. The van der Waals surface area contributed by atoms with Crippen LogP contribution < -0.4 is 0 Å². The van der Waals surface area contributed by atoms with Crippen molar-refractivity contribution in [3.63, 3.8) is 0 Å². The second-order valence-corrected chi connectivity index (χ2v) is 17.3. The van der Waals surface area contributed by atoms with Gasteiger partial charge < -0.3 is 13.9 Å². The SMILES string of the molecule is CCCC(C)C(=O)O[C@H]1CCC=C2C=C[C@H](C)[C@H](CCC3=CC(=O)C(O[Si](C)(C)C(C)(C)C)CO3)[C@H]21. The molecule has 202 valence electrons. The van der Waals surface area contributed by atoms with Crippen LogP contribution in [0.3, 0.4) is 0 Å². The highest BCUT2D eigenvalue weighted by molar-refractivity contribution is 6.74. The van der Waals surface area contributed by atoms with E-state index in [4.69, 9.17) is 13.9 Å². The van der Waals surface area contributed by atoms with Crippen LogP contribution in [0.25, 0.3) is 0 Å². The Bertz CT molecular complexity index is 894. The second kappa shape index (κ2) is 11.8. The number of ether oxygens (including phenoxy) is 2. The van der Waals surface area contributed by atoms with Crippen molar-refractivity contribution in [2.75, 3.05) is 6.61 Å². The molecule has 0 bridgehead atoms. The minimum absolute atomic E-state index is 0.0210. The molecular weight excluding hydrogens is 468 g/mol. The van der Waals surface area contributed by atoms with Crippen molar-refractivity contribution in [1.82, 2.24) is 0 Å². The predicted molar refractivity (Wildman–Crippen MR) is 147 cm³/mol. The lowest BCUT2D eigenvalue weighted by atomic mass is 9.66. The third-order valence-corrected chi connectivity index (χ3v) is 13.2. The molecule has 0 fully saturated rings. The molecule has 0 saturated heterocycles. The Kier molecular flexibility index (Phi) is 9.48. The van der Waals surface area contributed by atoms with E-state index >= 15 is 0 Å². The van der Waals surface area contributed by atoms with Crippen LogP contribution in [0.2, 0.25) is 18.1 Å². The van der Waals surface area contributed by atoms with Crippen molar-refractivity contribution >= 4 is 20.1 Å². The lowest BCUT2D eigenvalue weighted by Gasteiger charge is -2.42. The Morgan fingerprint density at radius 2 is 2.00 bits per heavy atom. The van der Waals surface area contributed by atoms with E-state index < -0.39 is 14.4 Å². The van der Waals surface area contributed by atoms with Gasteiger partial charge in [0.1, 0.15) is 18.8 Å². The summed E-state index contributed by atoms with van der Waals surface area (Å²) in [6.45, 7) is 17.5. The van der Waals surface area contributed by atoms with E-state index in [1.807, 2.05) is 6.92 Å². The summed E-state index contributed by atoms with van der Waals surface area (Å²) < 4.78 is 18.5. The maximum absolute atomic E-state index is 12.9. The number of hydrogen-bond acceptors (Lipinski definition) is 5. The first kappa shape index (κ1) is 28.9. The highest BCUT2D eigenvalue weighted by Gasteiger charge is 2.42. The zero-order valence-electron chi connectivity index (χ0n) is 23.8. The predicted octanol–water partition coefficient (Wildman–Crippen LogP) is 7.15. The molecule has 36 heavy (non-hydrogen) atoms. The van der Waals surface area contributed by atoms with Crippen molar-refractivity contribution < 1.29 is 23.5 Å². The molecular formula is C30H48O5Si. The van der Waals surface area contributed by atoms with Gasteiger partial charge in [-0.15, -0.1) is 0 Å². The summed E-state index contributed by atoms with van der Waals surface area (Å²) in [5, 5.41) is 0.0431. The Balaban J connectivity index is 1.66. The van der Waals surface area contributed by atoms with Crippen LogP contribution >= 0.6 is 0 Å². The first-order chi connectivity index (χ1) is 16.8. The number of hydrogen-bond donors (Lipinski definition) is 0. The molecule has 0 N–H and O–H groups in total. The maximum atomic E-state index is 12.9. The largest absolute Gasteiger partial charge is 0.495 e. The van der Waals surface area contributed by atoms with Gasteiger partial charge in [0.15, 0.2) is 14.1 Å². The van der Waals surface area contributed by atoms with Crippen molar-refractivity contribution in [3.8, 4) is 0 Å². The molecule has 3 rings (SSSR count). The summed E-state index contributed by atoms with van der Waals surface area (Å²) in [4.78, 5) is 25.7. The van der Waals surface area contributed by atoms with Crippen LogP contribution in [0.15, 0.2) is 35.6 Å². The van der Waals surface area contributed by atoms with Crippen LogP contribution in [-0.2, 0) is 23.5 Å². The number of carbonyl (C=O) groups is 2. The van der Waals surface area contributed by atoms with E-state index in [-0.39, 0.29) is 34.7 Å². The minimum atomic E-state index is -2.05. The number of rotatable bonds is 9. The van der Waals surface area contributed by atoms with E-state index in [1.165, 1.54) is 5.57 Å². The first-order valence-electron chi connectivity index (χ1n) is 14.0. The van der Waals surface area contributed by atoms with Crippen molar-refractivity contribution in [3.05, 3.63) is 35.6 Å². The summed E-state index contributed by atoms with van der Waals surface area (Å²) >= 11 is 0. The van der Waals surface area contributed by atoms with Crippen LogP contribution in [0.5, 0.6) is 0 Å². The van der Waals surface area contributed by atoms with Gasteiger partial charge in [-0.25, -0.2) is 0 Å². The number of ketones is 1. The normalized spacial score (nSPS) is 29.6. The molecule has 0 saturated carbocycles. The molecule has 0 radical (unpaired) electrons. The Labute approximate surface area is 219 Å². The van der Waals surface area contributed by atoms with Gasteiger partial charge in [-0.2, -0.15) is 0 Å². The summed E-state index contributed by atoms with van der Waals surface area (Å²) in [6.07, 6.45) is 13.1. The van der Waals surface area contributed by atoms with Crippen molar-refractivity contribution in [1.29, 1.82) is 0 Å². The Morgan fingerprint density at radius 1 is 1.28 bits per heavy atom. The fraction of sp³-hybridized carbons (Fsp3) is 0.733. The highest BCUT2D eigenvalue weighted by Crippen LogP contribution is 2.44. The molecule has 5 nitrogen and oxygen atoms in total. The molecule has 1 heterocycles. The van der Waals surface area contributed by atoms with Crippen molar-refractivity contribution in [2.24, 2.45) is 23.7 Å². The van der Waals surface area contributed by atoms with Crippen LogP contribution in [0.1, 0.15) is 80.1 Å². The van der Waals surface area contributed by atoms with E-state index in [0.29, 0.717) is 24.9 Å². The van der Waals surface area contributed by atoms with Gasteiger partial charge in [-0.3, -0.25) is 9.59 Å². The summed E-state index contributed by atoms with van der Waals surface area (Å²) in [5.41, 5.74) is 1.29. The molecule has 1 aliphatic heterocycles. The number of esters is 1. The van der Waals surface area contributed by atoms with Gasteiger partial charge in [0.2, 0.25) is 0 Å². The number of allylic oxidation sites excluding steroid dienone is 4. The topological polar surface area (TPSA) is 61.8 Å². The molecule has 0 aromatic carbocycles. The highest BCUT2D eigenvalue weighted by atomic mass is 28.4. The lowest BCUT2D eigenvalue weighted by Crippen LogP contribution is -2.48. The quantitative estimate of drug-likeness (QED) is 0.241. The molecule has 0 aromatic heterocycles. The molecule has 2 unspecified atom stereocenters. The van der Waals surface area contributed by atoms with Gasteiger partial charge in [-0.05, 0) is 61.2 Å². The van der Waals surface area contributed by atoms with Gasteiger partial charge in [0, 0.05) is 18.4 Å². The second-order valence-electron chi connectivity index (χ2n) is 12.6. The Morgan fingerprint density at radius 3 is 2.64 bits per heavy atom. The fourth-order valence-electron chi connectivity index (χ4n) is 5.41. The maximum Gasteiger partial charge on any atom is 0.308 e. The molecule has 0 spiro atoms. The van der Waals surface area contributed by atoms with Crippen LogP contribution in [0.4, 0.5) is 0 Å². The minimum Gasteiger partial charge on any atom is -0.495 e. The molecule has 0 amide bonds. The monoisotopic (exact) mass is 516 g/mol. The van der Waals surface area contributed by atoms with Crippen LogP contribution in [0, 0.1) is 23.7 Å². The van der Waals surface area contributed by atoms with Gasteiger partial charge >= 0.3 is 5.97 Å². The zero-order chi connectivity index (χ0) is 26.7. The first-order valence-corrected chi connectivity index (χ1v) is 16.9. The fourth-order valence-corrected chi connectivity index (χ4v) is 6.66. The number of carbonyl (C=O) groups excluding carboxylic acids is 2.